The summed E-state index contributed by atoms with van der Waals surface area (Å²) in [6.45, 7) is 6.69. The maximum Gasteiger partial charge on any atom is 0.293 e. The van der Waals surface area contributed by atoms with Crippen LogP contribution < -0.4 is 0 Å². The molecule has 5 heteroatoms. The quantitative estimate of drug-likeness (QED) is 0.748. The number of rotatable bonds is 4. The molecule has 0 aromatic carbocycles. The fourth-order valence-electron chi connectivity index (χ4n) is 7.87. The van der Waals surface area contributed by atoms with Gasteiger partial charge >= 0.3 is 0 Å². The van der Waals surface area contributed by atoms with Crippen molar-refractivity contribution in [3.05, 3.63) is 11.6 Å². The van der Waals surface area contributed by atoms with Crippen LogP contribution in [0.15, 0.2) is 11.6 Å². The first-order valence-corrected chi connectivity index (χ1v) is 10.7. The van der Waals surface area contributed by atoms with Crippen LogP contribution in [0.3, 0.4) is 0 Å². The van der Waals surface area contributed by atoms with Crippen LogP contribution in [0.1, 0.15) is 65.7 Å². The molecule has 4 rings (SSSR count). The van der Waals surface area contributed by atoms with Gasteiger partial charge in [0, 0.05) is 11.8 Å². The zero-order chi connectivity index (χ0) is 20.3. The van der Waals surface area contributed by atoms with Gasteiger partial charge < -0.3 is 9.84 Å². The average Bonchev–Trinajstić information content (AvgIpc) is 2.92. The van der Waals surface area contributed by atoms with Crippen LogP contribution in [0.4, 0.5) is 0 Å². The van der Waals surface area contributed by atoms with E-state index in [0.29, 0.717) is 44.2 Å². The van der Waals surface area contributed by atoms with Gasteiger partial charge in [0.25, 0.3) is 6.47 Å². The van der Waals surface area contributed by atoms with Gasteiger partial charge in [-0.2, -0.15) is 0 Å². The largest absolute Gasteiger partial charge is 0.468 e. The molecule has 154 valence electrons. The number of fused-ring (bicyclic) bond motifs is 5. The number of Topliss-reactive ketones (excluding diaryl/α,β-unsaturated/α-hetero) is 1. The third-order valence-corrected chi connectivity index (χ3v) is 9.16. The van der Waals surface area contributed by atoms with E-state index < -0.39 is 11.0 Å². The van der Waals surface area contributed by atoms with E-state index in [0.717, 1.165) is 25.7 Å². The number of aliphatic hydroxyl groups is 1. The summed E-state index contributed by atoms with van der Waals surface area (Å²) in [4.78, 5) is 35.5. The molecule has 3 unspecified atom stereocenters. The van der Waals surface area contributed by atoms with Gasteiger partial charge in [0.15, 0.2) is 11.6 Å². The third kappa shape index (κ3) is 2.51. The molecule has 0 heterocycles. The number of ketones is 2. The first-order chi connectivity index (χ1) is 13.2. The van der Waals surface area contributed by atoms with Crippen molar-refractivity contribution in [1.82, 2.24) is 0 Å². The minimum absolute atomic E-state index is 0.0635. The lowest BCUT2D eigenvalue weighted by molar-refractivity contribution is -0.173. The fraction of sp³-hybridized carbons (Fsp3) is 0.783. The van der Waals surface area contributed by atoms with Crippen LogP contribution in [0.5, 0.6) is 0 Å². The lowest BCUT2D eigenvalue weighted by Gasteiger charge is -2.61. The van der Waals surface area contributed by atoms with E-state index in [-0.39, 0.29) is 28.8 Å². The van der Waals surface area contributed by atoms with Gasteiger partial charge in [-0.3, -0.25) is 14.4 Å². The maximum atomic E-state index is 12.5. The van der Waals surface area contributed by atoms with E-state index in [4.69, 9.17) is 4.74 Å². The van der Waals surface area contributed by atoms with Crippen molar-refractivity contribution in [2.24, 2.45) is 34.5 Å². The summed E-state index contributed by atoms with van der Waals surface area (Å²) in [7, 11) is 0. The Morgan fingerprint density at radius 3 is 2.71 bits per heavy atom. The molecule has 0 radical (unpaired) electrons. The molecule has 3 fully saturated rings. The summed E-state index contributed by atoms with van der Waals surface area (Å²) in [5, 5.41) is 11.4. The second kappa shape index (κ2) is 6.51. The molecule has 0 aromatic rings. The van der Waals surface area contributed by atoms with E-state index in [2.05, 4.69) is 13.8 Å². The highest BCUT2D eigenvalue weighted by Crippen LogP contribution is 2.69. The van der Waals surface area contributed by atoms with Gasteiger partial charge in [-0.25, -0.2) is 0 Å². The Bertz CT molecular complexity index is 741. The molecule has 7 atom stereocenters. The predicted octanol–water partition coefficient (Wildman–Crippen LogP) is 3.24. The summed E-state index contributed by atoms with van der Waals surface area (Å²) in [6.07, 6.45) is 7.24. The summed E-state index contributed by atoms with van der Waals surface area (Å²) in [5.41, 5.74) is -0.586. The van der Waals surface area contributed by atoms with Gasteiger partial charge in [-0.15, -0.1) is 0 Å². The second-order valence-corrected chi connectivity index (χ2v) is 10.2. The molecule has 28 heavy (non-hydrogen) atoms. The van der Waals surface area contributed by atoms with Crippen molar-refractivity contribution in [1.29, 1.82) is 0 Å². The van der Waals surface area contributed by atoms with E-state index in [1.807, 2.05) is 6.08 Å². The topological polar surface area (TPSA) is 80.7 Å². The van der Waals surface area contributed by atoms with Crippen LogP contribution in [0.2, 0.25) is 0 Å². The lowest BCUT2D eigenvalue weighted by atomic mass is 9.43. The van der Waals surface area contributed by atoms with Crippen molar-refractivity contribution in [2.45, 2.75) is 71.3 Å². The summed E-state index contributed by atoms with van der Waals surface area (Å²) in [5.74, 6) is 1.14. The SMILES string of the molecule is CC(=O)[C@@]1(O)CCC2C3CCC4=CC(=O)CC[C@]4(C)C3[C@H](COC=O)C[C@@]21C. The summed E-state index contributed by atoms with van der Waals surface area (Å²) >= 11 is 0. The summed E-state index contributed by atoms with van der Waals surface area (Å²) in [6, 6.07) is 0. The minimum atomic E-state index is -1.29. The molecule has 3 saturated carbocycles. The van der Waals surface area contributed by atoms with Crippen molar-refractivity contribution in [2.75, 3.05) is 6.61 Å². The zero-order valence-electron chi connectivity index (χ0n) is 17.2. The van der Waals surface area contributed by atoms with Gasteiger partial charge in [-0.1, -0.05) is 19.4 Å². The van der Waals surface area contributed by atoms with Crippen molar-refractivity contribution < 1.29 is 24.2 Å². The smallest absolute Gasteiger partial charge is 0.293 e. The van der Waals surface area contributed by atoms with Crippen LogP contribution in [0.25, 0.3) is 0 Å². The van der Waals surface area contributed by atoms with E-state index in [1.54, 1.807) is 0 Å². The van der Waals surface area contributed by atoms with Gasteiger partial charge in [0.2, 0.25) is 0 Å². The molecule has 0 saturated heterocycles. The van der Waals surface area contributed by atoms with Crippen LogP contribution in [0, 0.1) is 34.5 Å². The maximum absolute atomic E-state index is 12.5. The van der Waals surface area contributed by atoms with Crippen molar-refractivity contribution >= 4 is 18.0 Å². The molecule has 4 aliphatic rings. The first-order valence-electron chi connectivity index (χ1n) is 10.7. The molecule has 1 N–H and O–H groups in total. The standard InChI is InChI=1S/C23H32O5/c1-14(25)23(27)9-7-19-18-5-4-16-10-17(26)6-8-21(16,2)20(18)15(12-28-13-24)11-22(19,23)3/h10,13,15,18-20,27H,4-9,11-12H2,1-3H3/t15-,18?,19?,20?,21-,22-,23-/m0/s1. The van der Waals surface area contributed by atoms with Crippen LogP contribution in [-0.4, -0.2) is 35.4 Å². The average molecular weight is 389 g/mol. The number of carbonyl (C=O) groups is 3. The second-order valence-electron chi connectivity index (χ2n) is 10.2. The fourth-order valence-corrected chi connectivity index (χ4v) is 7.87. The van der Waals surface area contributed by atoms with Crippen LogP contribution >= 0.6 is 0 Å². The Morgan fingerprint density at radius 2 is 2.04 bits per heavy atom. The van der Waals surface area contributed by atoms with Crippen molar-refractivity contribution in [3.8, 4) is 0 Å². The first kappa shape index (κ1) is 19.8. The molecule has 0 aliphatic heterocycles. The van der Waals surface area contributed by atoms with E-state index >= 15 is 0 Å². The number of ether oxygens (including phenoxy) is 1. The molecular weight excluding hydrogens is 356 g/mol. The highest BCUT2D eigenvalue weighted by Gasteiger charge is 2.67. The Balaban J connectivity index is 1.78. The normalized spacial score (nSPS) is 47.4. The lowest BCUT2D eigenvalue weighted by Crippen LogP contribution is -2.60. The third-order valence-electron chi connectivity index (χ3n) is 9.16. The van der Waals surface area contributed by atoms with Crippen LogP contribution in [-0.2, 0) is 19.1 Å². The highest BCUT2D eigenvalue weighted by atomic mass is 16.5. The number of hydrogen-bond donors (Lipinski definition) is 1. The number of allylic oxidation sites excluding steroid dienone is 1. The Labute approximate surface area is 166 Å². The van der Waals surface area contributed by atoms with Gasteiger partial charge in [-0.05, 0) is 80.6 Å². The monoisotopic (exact) mass is 388 g/mol. The molecule has 0 bridgehead atoms. The minimum Gasteiger partial charge on any atom is -0.468 e. The van der Waals surface area contributed by atoms with E-state index in [1.165, 1.54) is 12.5 Å². The van der Waals surface area contributed by atoms with Gasteiger partial charge in [0.05, 0.1) is 6.61 Å². The molecule has 0 aromatic heterocycles. The molecule has 5 nitrogen and oxygen atoms in total. The Morgan fingerprint density at radius 1 is 1.29 bits per heavy atom. The number of hydrogen-bond acceptors (Lipinski definition) is 5. The van der Waals surface area contributed by atoms with Gasteiger partial charge in [0.1, 0.15) is 5.60 Å². The molecular formula is C23H32O5. The molecule has 0 spiro atoms. The number of carbonyl (C=O) groups excluding carboxylic acids is 3. The predicted molar refractivity (Wildman–Crippen MR) is 103 cm³/mol. The Hall–Kier alpha value is -1.49. The Kier molecular flexibility index (Phi) is 4.61. The van der Waals surface area contributed by atoms with Crippen molar-refractivity contribution in [3.63, 3.8) is 0 Å². The zero-order valence-corrected chi connectivity index (χ0v) is 17.2. The summed E-state index contributed by atoms with van der Waals surface area (Å²) < 4.78 is 5.26. The van der Waals surface area contributed by atoms with E-state index in [9.17, 15) is 19.5 Å². The molecule has 4 aliphatic carbocycles. The highest BCUT2D eigenvalue weighted by molar-refractivity contribution is 5.91. The molecule has 0 amide bonds.